The van der Waals surface area contributed by atoms with Crippen molar-refractivity contribution in [3.8, 4) is 0 Å². The second kappa shape index (κ2) is 14.0. The summed E-state index contributed by atoms with van der Waals surface area (Å²) in [5.74, 6) is -0.802. The summed E-state index contributed by atoms with van der Waals surface area (Å²) in [6, 6.07) is 0. The van der Waals surface area contributed by atoms with E-state index < -0.39 is 43.1 Å². The van der Waals surface area contributed by atoms with Gasteiger partial charge in [0, 0.05) is 6.58 Å². The number of unbranched alkanes of at least 4 members (excludes halogenated alkanes) is 11. The molecule has 6 atom stereocenters. The van der Waals surface area contributed by atoms with Crippen LogP contribution in [0.2, 0.25) is 0 Å². The first kappa shape index (κ1) is 24.4. The van der Waals surface area contributed by atoms with Crippen molar-refractivity contribution in [1.82, 2.24) is 0 Å². The van der Waals surface area contributed by atoms with Crippen LogP contribution in [0.5, 0.6) is 0 Å². The highest BCUT2D eigenvalue weighted by Gasteiger charge is 2.55. The lowest BCUT2D eigenvalue weighted by Crippen LogP contribution is -2.42. The first-order valence-corrected chi connectivity index (χ1v) is 12.2. The van der Waals surface area contributed by atoms with Crippen LogP contribution in [-0.2, 0) is 18.9 Å². The molecule has 178 valence electrons. The standard InChI is InChI=1S/C24H46O6/c1-4-5-6-7-8-9-10-11-12-13-14-15-16-17-27-18-19(25)21-20(26)22-23(28-21)30-24(2,3)29-22/h19-23,25-26H,4-18H2,1-3H3/t19-,20+,21-,22-,23?/m1/s1/i17D/t17?,19-,20+,21-,22-,23?. The SMILES string of the molecule is [2H]C(CCCCCCCCCCCCCC)OC[C@@H](O)[C@H]1OC2OC(C)(C)O[C@@H]2[C@H]1O. The molecule has 0 aromatic heterocycles. The van der Waals surface area contributed by atoms with Gasteiger partial charge in [0.25, 0.3) is 0 Å². The fourth-order valence-corrected chi connectivity index (χ4v) is 4.25. The predicted octanol–water partition coefficient (Wildman–Crippen LogP) is 4.69. The Kier molecular flexibility index (Phi) is 11.4. The molecular weight excluding hydrogens is 384 g/mol. The molecule has 0 amide bonds. The largest absolute Gasteiger partial charge is 0.388 e. The van der Waals surface area contributed by atoms with Crippen molar-refractivity contribution < 1.29 is 30.5 Å². The van der Waals surface area contributed by atoms with E-state index in [1.165, 1.54) is 64.2 Å². The smallest absolute Gasteiger partial charge is 0.190 e. The molecule has 2 heterocycles. The molecule has 2 saturated heterocycles. The molecule has 0 saturated carbocycles. The topological polar surface area (TPSA) is 77.4 Å². The average molecular weight is 432 g/mol. The van der Waals surface area contributed by atoms with Gasteiger partial charge in [0.2, 0.25) is 0 Å². The quantitative estimate of drug-likeness (QED) is 0.325. The predicted molar refractivity (Wildman–Crippen MR) is 117 cm³/mol. The zero-order valence-corrected chi connectivity index (χ0v) is 19.4. The van der Waals surface area contributed by atoms with Gasteiger partial charge in [-0.15, -0.1) is 0 Å². The summed E-state index contributed by atoms with van der Waals surface area (Å²) in [7, 11) is 0. The van der Waals surface area contributed by atoms with Crippen LogP contribution in [0.4, 0.5) is 0 Å². The van der Waals surface area contributed by atoms with Crippen LogP contribution in [0.15, 0.2) is 0 Å². The van der Waals surface area contributed by atoms with Crippen LogP contribution in [0.3, 0.4) is 0 Å². The minimum atomic E-state index is -1.02. The molecule has 30 heavy (non-hydrogen) atoms. The zero-order valence-electron chi connectivity index (χ0n) is 20.4. The Bertz CT molecular complexity index is 477. The normalized spacial score (nSPS) is 30.2. The highest BCUT2D eigenvalue weighted by Crippen LogP contribution is 2.38. The summed E-state index contributed by atoms with van der Waals surface area (Å²) in [5, 5.41) is 20.7. The van der Waals surface area contributed by atoms with Crippen LogP contribution in [0, 0.1) is 0 Å². The van der Waals surface area contributed by atoms with Crippen LogP contribution in [0.25, 0.3) is 0 Å². The zero-order chi connectivity index (χ0) is 22.7. The van der Waals surface area contributed by atoms with Gasteiger partial charge in [-0.05, 0) is 20.3 Å². The molecule has 0 aromatic rings. The van der Waals surface area contributed by atoms with Gasteiger partial charge in [0.1, 0.15) is 24.4 Å². The molecule has 6 nitrogen and oxygen atoms in total. The minimum absolute atomic E-state index is 0.0447. The fourth-order valence-electron chi connectivity index (χ4n) is 4.25. The van der Waals surface area contributed by atoms with Gasteiger partial charge in [-0.1, -0.05) is 84.0 Å². The minimum Gasteiger partial charge on any atom is -0.388 e. The van der Waals surface area contributed by atoms with Crippen molar-refractivity contribution in [2.45, 2.75) is 141 Å². The molecular formula is C24H46O6. The highest BCUT2D eigenvalue weighted by atomic mass is 16.8. The van der Waals surface area contributed by atoms with E-state index >= 15 is 0 Å². The van der Waals surface area contributed by atoms with E-state index in [2.05, 4.69) is 6.92 Å². The van der Waals surface area contributed by atoms with Crippen LogP contribution < -0.4 is 0 Å². The third-order valence-electron chi connectivity index (χ3n) is 5.99. The lowest BCUT2D eigenvalue weighted by atomic mass is 10.0. The summed E-state index contributed by atoms with van der Waals surface area (Å²) in [6.07, 6.45) is 12.0. The highest BCUT2D eigenvalue weighted by molar-refractivity contribution is 4.95. The molecule has 2 unspecified atom stereocenters. The van der Waals surface area contributed by atoms with E-state index in [4.69, 9.17) is 20.3 Å². The molecule has 0 bridgehead atoms. The molecule has 2 N–H and O–H groups in total. The lowest BCUT2D eigenvalue weighted by molar-refractivity contribution is -0.228. The Labute approximate surface area is 185 Å². The van der Waals surface area contributed by atoms with Gasteiger partial charge in [-0.2, -0.15) is 0 Å². The Balaban J connectivity index is 1.44. The Morgan fingerprint density at radius 1 is 0.900 bits per heavy atom. The van der Waals surface area contributed by atoms with Gasteiger partial charge in [-0.3, -0.25) is 0 Å². The Morgan fingerprint density at radius 2 is 1.43 bits per heavy atom. The van der Waals surface area contributed by atoms with E-state index in [1.54, 1.807) is 13.8 Å². The molecule has 2 aliphatic rings. The van der Waals surface area contributed by atoms with Gasteiger partial charge < -0.3 is 29.2 Å². The third-order valence-corrected chi connectivity index (χ3v) is 5.99. The van der Waals surface area contributed by atoms with Gasteiger partial charge in [0.05, 0.1) is 7.98 Å². The maximum absolute atomic E-state index is 10.4. The average Bonchev–Trinajstić information content (AvgIpc) is 3.19. The number of ether oxygens (including phenoxy) is 4. The van der Waals surface area contributed by atoms with Gasteiger partial charge in [-0.25, -0.2) is 0 Å². The number of fused-ring (bicyclic) bond motifs is 1. The Hall–Kier alpha value is -0.240. The molecule has 6 heteroatoms. The maximum Gasteiger partial charge on any atom is 0.190 e. The van der Waals surface area contributed by atoms with E-state index in [1.807, 2.05) is 0 Å². The fraction of sp³-hybridized carbons (Fsp3) is 1.00. The molecule has 2 aliphatic heterocycles. The van der Waals surface area contributed by atoms with Crippen molar-refractivity contribution in [1.29, 1.82) is 0 Å². The van der Waals surface area contributed by atoms with Crippen molar-refractivity contribution in [3.05, 3.63) is 0 Å². The summed E-state index contributed by atoms with van der Waals surface area (Å²) < 4.78 is 30.3. The molecule has 2 rings (SSSR count). The van der Waals surface area contributed by atoms with Crippen molar-refractivity contribution >= 4 is 0 Å². The second-order valence-corrected chi connectivity index (χ2v) is 9.30. The first-order valence-electron chi connectivity index (χ1n) is 12.8. The molecule has 0 aliphatic carbocycles. The number of rotatable bonds is 17. The van der Waals surface area contributed by atoms with E-state index in [-0.39, 0.29) is 6.61 Å². The van der Waals surface area contributed by atoms with E-state index in [0.29, 0.717) is 6.42 Å². The molecule has 0 aromatic carbocycles. The van der Waals surface area contributed by atoms with Crippen molar-refractivity contribution in [3.63, 3.8) is 0 Å². The monoisotopic (exact) mass is 431 g/mol. The third kappa shape index (κ3) is 9.09. The summed E-state index contributed by atoms with van der Waals surface area (Å²) in [4.78, 5) is 0. The second-order valence-electron chi connectivity index (χ2n) is 9.30. The van der Waals surface area contributed by atoms with Crippen molar-refractivity contribution in [2.75, 3.05) is 13.2 Å². The number of aliphatic hydroxyl groups is 2. The van der Waals surface area contributed by atoms with Crippen LogP contribution in [0.1, 0.15) is 106 Å². The van der Waals surface area contributed by atoms with E-state index in [9.17, 15) is 10.2 Å². The van der Waals surface area contributed by atoms with Crippen molar-refractivity contribution in [2.24, 2.45) is 0 Å². The summed E-state index contributed by atoms with van der Waals surface area (Å²) in [5.41, 5.74) is 0. The van der Waals surface area contributed by atoms with E-state index in [0.717, 1.165) is 12.8 Å². The van der Waals surface area contributed by atoms with Crippen LogP contribution >= 0.6 is 0 Å². The van der Waals surface area contributed by atoms with Crippen LogP contribution in [-0.4, -0.2) is 59.9 Å². The molecule has 0 radical (unpaired) electrons. The van der Waals surface area contributed by atoms with Gasteiger partial charge in [0.15, 0.2) is 12.1 Å². The number of hydrogen-bond acceptors (Lipinski definition) is 6. The number of aliphatic hydroxyl groups excluding tert-OH is 2. The molecule has 2 fully saturated rings. The number of hydrogen-bond donors (Lipinski definition) is 2. The lowest BCUT2D eigenvalue weighted by Gasteiger charge is -2.25. The molecule has 0 spiro atoms. The summed E-state index contributed by atoms with van der Waals surface area (Å²) in [6.45, 7) is 5.07. The first-order chi connectivity index (χ1) is 14.8. The summed E-state index contributed by atoms with van der Waals surface area (Å²) >= 11 is 0. The maximum atomic E-state index is 10.4. The Morgan fingerprint density at radius 3 is 1.97 bits per heavy atom. The van der Waals surface area contributed by atoms with Gasteiger partial charge >= 0.3 is 0 Å².